The maximum atomic E-state index is 12.9. The molecule has 2 aromatic heterocycles. The van der Waals surface area contributed by atoms with E-state index in [4.69, 9.17) is 0 Å². The van der Waals surface area contributed by atoms with E-state index in [1.54, 1.807) is 17.1 Å². The van der Waals surface area contributed by atoms with Crippen LogP contribution in [0.2, 0.25) is 0 Å². The fraction of sp³-hybridized carbons (Fsp3) is 0.375. The zero-order valence-electron chi connectivity index (χ0n) is 17.7. The molecular weight excluding hydrogens is 374 g/mol. The van der Waals surface area contributed by atoms with Gasteiger partial charge in [0.15, 0.2) is 5.82 Å². The molecule has 0 bridgehead atoms. The molecule has 1 aromatic carbocycles. The topological polar surface area (TPSA) is 63.1 Å². The second-order valence-electron chi connectivity index (χ2n) is 7.92. The molecule has 3 aromatic rings. The third-order valence-electron chi connectivity index (χ3n) is 5.85. The van der Waals surface area contributed by atoms with Crippen molar-refractivity contribution in [2.75, 3.05) is 11.9 Å². The Hall–Kier alpha value is -2.99. The Labute approximate surface area is 177 Å². The van der Waals surface area contributed by atoms with Gasteiger partial charge in [0, 0.05) is 24.5 Å². The van der Waals surface area contributed by atoms with Crippen LogP contribution in [-0.4, -0.2) is 38.2 Å². The highest BCUT2D eigenvalue weighted by atomic mass is 16.1. The lowest BCUT2D eigenvalue weighted by Gasteiger charge is -2.33. The van der Waals surface area contributed by atoms with E-state index in [-0.39, 0.29) is 5.91 Å². The van der Waals surface area contributed by atoms with Crippen molar-refractivity contribution in [3.8, 4) is 5.82 Å². The van der Waals surface area contributed by atoms with Crippen LogP contribution in [0.15, 0.2) is 54.9 Å². The molecule has 0 aliphatic carbocycles. The highest BCUT2D eigenvalue weighted by Gasteiger charge is 2.19. The van der Waals surface area contributed by atoms with Crippen molar-refractivity contribution in [2.45, 2.75) is 52.1 Å². The first-order valence-electron chi connectivity index (χ1n) is 10.8. The summed E-state index contributed by atoms with van der Waals surface area (Å²) in [5.74, 6) is 0.566. The monoisotopic (exact) mass is 403 g/mol. The molecule has 6 nitrogen and oxygen atoms in total. The van der Waals surface area contributed by atoms with Crippen LogP contribution in [0.25, 0.3) is 5.82 Å². The van der Waals surface area contributed by atoms with Crippen molar-refractivity contribution in [3.05, 3.63) is 71.7 Å². The standard InChI is InChI=1S/C24H29N5O/c1-3-22-21(16-26-29(22)23-9-4-6-14-25-23)24(30)27-20-12-10-19(11-13-20)17-28-15-7-5-8-18(28)2/h4,6,9-14,16,18H,3,5,7-8,15,17H2,1-2H3,(H,27,30). The second kappa shape index (κ2) is 9.22. The average Bonchev–Trinajstić information content (AvgIpc) is 3.21. The van der Waals surface area contributed by atoms with Crippen molar-refractivity contribution in [3.63, 3.8) is 0 Å². The molecule has 1 aliphatic heterocycles. The third kappa shape index (κ3) is 4.44. The van der Waals surface area contributed by atoms with Gasteiger partial charge in [0.2, 0.25) is 0 Å². The first-order valence-corrected chi connectivity index (χ1v) is 10.8. The van der Waals surface area contributed by atoms with Gasteiger partial charge < -0.3 is 5.32 Å². The molecule has 1 saturated heterocycles. The average molecular weight is 404 g/mol. The summed E-state index contributed by atoms with van der Waals surface area (Å²) in [4.78, 5) is 19.8. The zero-order valence-corrected chi connectivity index (χ0v) is 17.7. The third-order valence-corrected chi connectivity index (χ3v) is 5.85. The first kappa shape index (κ1) is 20.3. The van der Waals surface area contributed by atoms with Crippen LogP contribution in [0, 0.1) is 0 Å². The van der Waals surface area contributed by atoms with Gasteiger partial charge in [-0.05, 0) is 62.6 Å². The summed E-state index contributed by atoms with van der Waals surface area (Å²) < 4.78 is 1.73. The number of nitrogens with zero attached hydrogens (tertiary/aromatic N) is 4. The molecule has 30 heavy (non-hydrogen) atoms. The molecule has 1 unspecified atom stereocenters. The Kier molecular flexibility index (Phi) is 6.23. The minimum atomic E-state index is -0.147. The molecule has 0 spiro atoms. The number of carbonyl (C=O) groups excluding carboxylic acids is 1. The number of piperidine rings is 1. The summed E-state index contributed by atoms with van der Waals surface area (Å²) in [6, 6.07) is 14.5. The zero-order chi connectivity index (χ0) is 20.9. The van der Waals surface area contributed by atoms with E-state index in [1.165, 1.54) is 31.4 Å². The summed E-state index contributed by atoms with van der Waals surface area (Å²) in [6.45, 7) is 6.46. The van der Waals surface area contributed by atoms with Crippen LogP contribution >= 0.6 is 0 Å². The minimum absolute atomic E-state index is 0.147. The molecule has 3 heterocycles. The molecule has 1 N–H and O–H groups in total. The van der Waals surface area contributed by atoms with Gasteiger partial charge in [-0.3, -0.25) is 9.69 Å². The highest BCUT2D eigenvalue weighted by molar-refractivity contribution is 6.05. The summed E-state index contributed by atoms with van der Waals surface area (Å²) in [7, 11) is 0. The fourth-order valence-electron chi connectivity index (χ4n) is 4.10. The molecule has 1 atom stereocenters. The summed E-state index contributed by atoms with van der Waals surface area (Å²) in [5.41, 5.74) is 3.50. The number of carbonyl (C=O) groups is 1. The van der Waals surface area contributed by atoms with Gasteiger partial charge in [-0.25, -0.2) is 9.67 Å². The number of amides is 1. The minimum Gasteiger partial charge on any atom is -0.322 e. The smallest absolute Gasteiger partial charge is 0.259 e. The Morgan fingerprint density at radius 1 is 1.17 bits per heavy atom. The molecule has 0 radical (unpaired) electrons. The van der Waals surface area contributed by atoms with Crippen LogP contribution in [0.5, 0.6) is 0 Å². The van der Waals surface area contributed by atoms with Crippen molar-refractivity contribution in [2.24, 2.45) is 0 Å². The van der Waals surface area contributed by atoms with Gasteiger partial charge >= 0.3 is 0 Å². The van der Waals surface area contributed by atoms with Crippen molar-refractivity contribution < 1.29 is 4.79 Å². The first-order chi connectivity index (χ1) is 14.7. The lowest BCUT2D eigenvalue weighted by molar-refractivity contribution is 0.102. The van der Waals surface area contributed by atoms with Gasteiger partial charge in [-0.2, -0.15) is 5.10 Å². The van der Waals surface area contributed by atoms with E-state index in [1.807, 2.05) is 37.3 Å². The van der Waals surface area contributed by atoms with E-state index in [0.717, 1.165) is 17.9 Å². The predicted molar refractivity (Wildman–Crippen MR) is 119 cm³/mol. The molecule has 156 valence electrons. The van der Waals surface area contributed by atoms with E-state index in [0.29, 0.717) is 23.8 Å². The van der Waals surface area contributed by atoms with E-state index >= 15 is 0 Å². The van der Waals surface area contributed by atoms with Crippen molar-refractivity contribution in [1.29, 1.82) is 0 Å². The lowest BCUT2D eigenvalue weighted by Crippen LogP contribution is -2.36. The largest absolute Gasteiger partial charge is 0.322 e. The Morgan fingerprint density at radius 3 is 2.70 bits per heavy atom. The van der Waals surface area contributed by atoms with Crippen LogP contribution in [-0.2, 0) is 13.0 Å². The molecule has 4 rings (SSSR count). The van der Waals surface area contributed by atoms with Gasteiger partial charge in [-0.15, -0.1) is 0 Å². The summed E-state index contributed by atoms with van der Waals surface area (Å²) in [6.07, 6.45) is 7.92. The number of rotatable bonds is 6. The maximum absolute atomic E-state index is 12.9. The van der Waals surface area contributed by atoms with Gasteiger partial charge in [0.25, 0.3) is 5.91 Å². The molecule has 6 heteroatoms. The van der Waals surface area contributed by atoms with Crippen LogP contribution in [0.4, 0.5) is 5.69 Å². The Balaban J connectivity index is 1.44. The number of pyridine rings is 1. The van der Waals surface area contributed by atoms with Crippen LogP contribution < -0.4 is 5.32 Å². The predicted octanol–water partition coefficient (Wildman–Crippen LogP) is 4.46. The van der Waals surface area contributed by atoms with Gasteiger partial charge in [0.05, 0.1) is 17.5 Å². The van der Waals surface area contributed by atoms with Crippen LogP contribution in [0.1, 0.15) is 54.7 Å². The second-order valence-corrected chi connectivity index (χ2v) is 7.92. The molecule has 1 aliphatic rings. The molecule has 1 fully saturated rings. The Morgan fingerprint density at radius 2 is 2.00 bits per heavy atom. The number of benzene rings is 1. The number of aromatic nitrogens is 3. The Bertz CT molecular complexity index is 981. The normalized spacial score (nSPS) is 17.1. The molecule has 1 amide bonds. The molecule has 0 saturated carbocycles. The van der Waals surface area contributed by atoms with Crippen LogP contribution in [0.3, 0.4) is 0 Å². The lowest BCUT2D eigenvalue weighted by atomic mass is 10.0. The quantitative estimate of drug-likeness (QED) is 0.660. The van der Waals surface area contributed by atoms with E-state index in [9.17, 15) is 4.79 Å². The fourth-order valence-corrected chi connectivity index (χ4v) is 4.10. The van der Waals surface area contributed by atoms with E-state index < -0.39 is 0 Å². The van der Waals surface area contributed by atoms with E-state index in [2.05, 4.69) is 39.4 Å². The number of likely N-dealkylation sites (tertiary alicyclic amines) is 1. The van der Waals surface area contributed by atoms with Gasteiger partial charge in [-0.1, -0.05) is 31.5 Å². The number of hydrogen-bond donors (Lipinski definition) is 1. The molecular formula is C24H29N5O. The summed E-state index contributed by atoms with van der Waals surface area (Å²) >= 11 is 0. The highest BCUT2D eigenvalue weighted by Crippen LogP contribution is 2.21. The van der Waals surface area contributed by atoms with Crippen molar-refractivity contribution >= 4 is 11.6 Å². The number of anilines is 1. The van der Waals surface area contributed by atoms with Crippen molar-refractivity contribution in [1.82, 2.24) is 19.7 Å². The number of hydrogen-bond acceptors (Lipinski definition) is 4. The summed E-state index contributed by atoms with van der Waals surface area (Å²) in [5, 5.41) is 7.41. The van der Waals surface area contributed by atoms with Gasteiger partial charge in [0.1, 0.15) is 0 Å². The SMILES string of the molecule is CCc1c(C(=O)Nc2ccc(CN3CCCCC3C)cc2)cnn1-c1ccccn1. The maximum Gasteiger partial charge on any atom is 0.259 e. The number of nitrogens with one attached hydrogen (secondary N) is 1.